The molecule has 0 aliphatic carbocycles. The molecule has 0 bridgehead atoms. The van der Waals surface area contributed by atoms with Crippen molar-refractivity contribution in [3.63, 3.8) is 0 Å². The first-order valence-corrected chi connectivity index (χ1v) is 4.82. The highest BCUT2D eigenvalue weighted by atomic mass is 16.1. The Morgan fingerprint density at radius 3 is 2.40 bits per heavy atom. The lowest BCUT2D eigenvalue weighted by molar-refractivity contribution is 0.319. The molecule has 0 aliphatic heterocycles. The van der Waals surface area contributed by atoms with Gasteiger partial charge in [-0.3, -0.25) is 0 Å². The van der Waals surface area contributed by atoms with Crippen LogP contribution in [0, 0.1) is 24.4 Å². The van der Waals surface area contributed by atoms with Crippen LogP contribution in [0.5, 0.6) is 0 Å². The van der Waals surface area contributed by atoms with Crippen LogP contribution in [0.1, 0.15) is 33.6 Å². The highest BCUT2D eigenvalue weighted by Crippen LogP contribution is 2.30. The van der Waals surface area contributed by atoms with Crippen LogP contribution in [-0.2, 0) is 9.59 Å². The fourth-order valence-corrected chi connectivity index (χ4v) is 1.51. The average molecular weight is 208 g/mol. The molecule has 0 fully saturated rings. The second kappa shape index (κ2) is 7.10. The third-order valence-electron chi connectivity index (χ3n) is 1.99. The van der Waals surface area contributed by atoms with E-state index in [1.807, 2.05) is 13.8 Å². The highest BCUT2D eigenvalue weighted by molar-refractivity contribution is 5.34. The maximum Gasteiger partial charge on any atom is 0.235 e. The van der Waals surface area contributed by atoms with Gasteiger partial charge in [0.05, 0.1) is 13.1 Å². The SMILES string of the molecule is CC(C[CH]N=C=O)CC(C)(C)[CH]N=C=O. The van der Waals surface area contributed by atoms with Crippen LogP contribution in [0.3, 0.4) is 0 Å². The smallest absolute Gasteiger partial charge is 0.211 e. The number of carbonyl (C=O) groups excluding carboxylic acids is 2. The molecule has 82 valence electrons. The average Bonchev–Trinajstić information content (AvgIpc) is 2.14. The topological polar surface area (TPSA) is 58.9 Å². The molecule has 4 heteroatoms. The molecule has 0 saturated heterocycles. The monoisotopic (exact) mass is 208 g/mol. The predicted octanol–water partition coefficient (Wildman–Crippen LogP) is 2.42. The van der Waals surface area contributed by atoms with Crippen molar-refractivity contribution in [3.05, 3.63) is 13.1 Å². The second-order valence-electron chi connectivity index (χ2n) is 4.29. The van der Waals surface area contributed by atoms with Crippen molar-refractivity contribution in [2.75, 3.05) is 0 Å². The van der Waals surface area contributed by atoms with Crippen molar-refractivity contribution in [2.24, 2.45) is 21.3 Å². The Hall–Kier alpha value is -1.24. The minimum atomic E-state index is -0.143. The zero-order valence-corrected chi connectivity index (χ0v) is 9.36. The van der Waals surface area contributed by atoms with Gasteiger partial charge in [0.25, 0.3) is 0 Å². The molecule has 0 amide bonds. The second-order valence-corrected chi connectivity index (χ2v) is 4.29. The van der Waals surface area contributed by atoms with E-state index < -0.39 is 0 Å². The van der Waals surface area contributed by atoms with Crippen molar-refractivity contribution >= 4 is 12.2 Å². The Morgan fingerprint density at radius 1 is 1.27 bits per heavy atom. The van der Waals surface area contributed by atoms with E-state index in [-0.39, 0.29) is 5.41 Å². The summed E-state index contributed by atoms with van der Waals surface area (Å²) < 4.78 is 0. The summed E-state index contributed by atoms with van der Waals surface area (Å²) in [6, 6.07) is 0. The number of hydrogen-bond acceptors (Lipinski definition) is 4. The van der Waals surface area contributed by atoms with Gasteiger partial charge in [-0.1, -0.05) is 20.8 Å². The first kappa shape index (κ1) is 13.8. The summed E-state index contributed by atoms with van der Waals surface area (Å²) in [7, 11) is 0. The maximum atomic E-state index is 9.96. The van der Waals surface area contributed by atoms with Crippen molar-refractivity contribution in [1.82, 2.24) is 0 Å². The Kier molecular flexibility index (Phi) is 6.52. The molecule has 4 nitrogen and oxygen atoms in total. The van der Waals surface area contributed by atoms with Crippen molar-refractivity contribution < 1.29 is 9.59 Å². The summed E-state index contributed by atoms with van der Waals surface area (Å²) >= 11 is 0. The van der Waals surface area contributed by atoms with Crippen LogP contribution in [0.15, 0.2) is 9.98 Å². The van der Waals surface area contributed by atoms with Crippen molar-refractivity contribution in [1.29, 1.82) is 0 Å². The van der Waals surface area contributed by atoms with Crippen LogP contribution >= 0.6 is 0 Å². The fraction of sp³-hybridized carbons (Fsp3) is 0.636. The number of aliphatic imine (C=N–C) groups is 2. The molecule has 0 aliphatic rings. The fourth-order valence-electron chi connectivity index (χ4n) is 1.51. The summed E-state index contributed by atoms with van der Waals surface area (Å²) in [6.45, 7) is 9.19. The van der Waals surface area contributed by atoms with E-state index in [4.69, 9.17) is 0 Å². The van der Waals surface area contributed by atoms with E-state index in [9.17, 15) is 9.59 Å². The molecule has 1 unspecified atom stereocenters. The minimum Gasteiger partial charge on any atom is -0.211 e. The molecular formula is C11H16N2O2. The van der Waals surface area contributed by atoms with Crippen LogP contribution in [0.4, 0.5) is 0 Å². The molecule has 2 radical (unpaired) electrons. The summed E-state index contributed by atoms with van der Waals surface area (Å²) in [4.78, 5) is 26.6. The molecular weight excluding hydrogens is 192 g/mol. The summed E-state index contributed by atoms with van der Waals surface area (Å²) in [6.07, 6.45) is 4.54. The van der Waals surface area contributed by atoms with E-state index in [2.05, 4.69) is 16.9 Å². The molecule has 0 saturated carbocycles. The van der Waals surface area contributed by atoms with Gasteiger partial charge in [-0.25, -0.2) is 14.6 Å². The van der Waals surface area contributed by atoms with Crippen LogP contribution in [0.2, 0.25) is 0 Å². The zero-order valence-electron chi connectivity index (χ0n) is 9.36. The van der Waals surface area contributed by atoms with Gasteiger partial charge in [-0.15, -0.1) is 0 Å². The lowest BCUT2D eigenvalue weighted by Crippen LogP contribution is -2.15. The summed E-state index contributed by atoms with van der Waals surface area (Å²) in [5.41, 5.74) is -0.143. The van der Waals surface area contributed by atoms with Crippen LogP contribution < -0.4 is 0 Å². The lowest BCUT2D eigenvalue weighted by atomic mass is 9.82. The molecule has 0 heterocycles. The first-order chi connectivity index (χ1) is 7.02. The Labute approximate surface area is 90.5 Å². The Bertz CT molecular complexity index is 274. The van der Waals surface area contributed by atoms with Crippen molar-refractivity contribution in [3.8, 4) is 0 Å². The van der Waals surface area contributed by atoms with E-state index >= 15 is 0 Å². The van der Waals surface area contributed by atoms with E-state index in [1.165, 1.54) is 12.2 Å². The van der Waals surface area contributed by atoms with Gasteiger partial charge in [-0.05, 0) is 24.2 Å². The predicted molar refractivity (Wildman–Crippen MR) is 57.0 cm³/mol. The molecule has 0 aromatic rings. The Balaban J connectivity index is 3.96. The molecule has 0 aromatic heterocycles. The van der Waals surface area contributed by atoms with Gasteiger partial charge in [0, 0.05) is 0 Å². The largest absolute Gasteiger partial charge is 0.235 e. The number of hydrogen-bond donors (Lipinski definition) is 0. The molecule has 0 N–H and O–H groups in total. The first-order valence-electron chi connectivity index (χ1n) is 4.82. The molecule has 15 heavy (non-hydrogen) atoms. The number of isocyanates is 2. The third-order valence-corrected chi connectivity index (χ3v) is 1.99. The summed E-state index contributed by atoms with van der Waals surface area (Å²) in [5.74, 6) is 0.371. The molecule has 0 aromatic carbocycles. The van der Waals surface area contributed by atoms with Gasteiger partial charge in [-0.2, -0.15) is 4.99 Å². The maximum absolute atomic E-state index is 9.96. The molecule has 1 atom stereocenters. The van der Waals surface area contributed by atoms with Gasteiger partial charge in [0.1, 0.15) is 0 Å². The highest BCUT2D eigenvalue weighted by Gasteiger charge is 2.21. The molecule has 0 rings (SSSR count). The quantitative estimate of drug-likeness (QED) is 0.476. The van der Waals surface area contributed by atoms with Crippen LogP contribution in [0.25, 0.3) is 0 Å². The van der Waals surface area contributed by atoms with Gasteiger partial charge in [0.15, 0.2) is 0 Å². The van der Waals surface area contributed by atoms with Crippen molar-refractivity contribution in [2.45, 2.75) is 33.6 Å². The Morgan fingerprint density at radius 2 is 1.87 bits per heavy atom. The van der Waals surface area contributed by atoms with Crippen LogP contribution in [-0.4, -0.2) is 12.2 Å². The third kappa shape index (κ3) is 7.80. The summed E-state index contributed by atoms with van der Waals surface area (Å²) in [5, 5.41) is 0. The van der Waals surface area contributed by atoms with E-state index in [0.29, 0.717) is 5.92 Å². The van der Waals surface area contributed by atoms with E-state index in [1.54, 1.807) is 13.1 Å². The lowest BCUT2D eigenvalue weighted by Gasteiger charge is -2.24. The zero-order chi connectivity index (χ0) is 11.7. The normalized spacial score (nSPS) is 12.5. The van der Waals surface area contributed by atoms with Gasteiger partial charge in [0.2, 0.25) is 12.2 Å². The number of rotatable bonds is 7. The molecule has 0 spiro atoms. The van der Waals surface area contributed by atoms with Gasteiger partial charge < -0.3 is 0 Å². The van der Waals surface area contributed by atoms with E-state index in [0.717, 1.165) is 12.8 Å². The number of nitrogens with zero attached hydrogens (tertiary/aromatic N) is 2. The standard InChI is InChI=1S/C11H16N2O2/c1-10(4-5-12-8-14)6-11(2,3)7-13-9-15/h5,7,10H,4,6H2,1-3H3. The van der Waals surface area contributed by atoms with Gasteiger partial charge >= 0.3 is 0 Å². The minimum absolute atomic E-state index is 0.143.